The molecule has 0 spiro atoms. The van der Waals surface area contributed by atoms with Crippen LogP contribution in [0, 0.1) is 5.92 Å². The maximum Gasteiger partial charge on any atom is 0.230 e. The molecule has 0 radical (unpaired) electrons. The van der Waals surface area contributed by atoms with Gasteiger partial charge in [-0.2, -0.15) is 0 Å². The summed E-state index contributed by atoms with van der Waals surface area (Å²) in [6.45, 7) is 2.09. The zero-order chi connectivity index (χ0) is 6.48. The standard InChI is InChI=1S/C7H9NO/c1-2-7-4-3-5(7)6(9)8-7/h3-5H,2H2,1H3,(H,8,9)/t5-,7-/m0/s1. The van der Waals surface area contributed by atoms with Crippen molar-refractivity contribution in [1.82, 2.24) is 5.32 Å². The van der Waals surface area contributed by atoms with Crippen LogP contribution >= 0.6 is 0 Å². The van der Waals surface area contributed by atoms with E-state index in [1.165, 1.54) is 0 Å². The Kier molecular flexibility index (Phi) is 0.672. The van der Waals surface area contributed by atoms with Crippen LogP contribution in [0.2, 0.25) is 0 Å². The van der Waals surface area contributed by atoms with Gasteiger partial charge in [0.2, 0.25) is 5.91 Å². The molecule has 2 rings (SSSR count). The topological polar surface area (TPSA) is 29.1 Å². The normalized spacial score (nSPS) is 44.6. The first-order chi connectivity index (χ1) is 4.28. The molecule has 1 N–H and O–H groups in total. The zero-order valence-corrected chi connectivity index (χ0v) is 5.35. The summed E-state index contributed by atoms with van der Waals surface area (Å²) in [5, 5.41) is 2.88. The van der Waals surface area contributed by atoms with Gasteiger partial charge in [0.25, 0.3) is 0 Å². The van der Waals surface area contributed by atoms with E-state index < -0.39 is 0 Å². The minimum atomic E-state index is 0.0943. The second kappa shape index (κ2) is 1.20. The van der Waals surface area contributed by atoms with E-state index in [0.29, 0.717) is 0 Å². The van der Waals surface area contributed by atoms with E-state index in [9.17, 15) is 4.79 Å². The van der Waals surface area contributed by atoms with Crippen molar-refractivity contribution in [2.24, 2.45) is 5.92 Å². The van der Waals surface area contributed by atoms with Crippen LogP contribution in [-0.2, 0) is 4.79 Å². The first-order valence-electron chi connectivity index (χ1n) is 3.30. The van der Waals surface area contributed by atoms with Crippen LogP contribution in [0.5, 0.6) is 0 Å². The molecule has 1 aliphatic heterocycles. The Balaban J connectivity index is 2.24. The molecule has 2 aliphatic rings. The number of carbonyl (C=O) groups excluding carboxylic acids is 1. The van der Waals surface area contributed by atoms with Crippen LogP contribution in [0.4, 0.5) is 0 Å². The van der Waals surface area contributed by atoms with Crippen LogP contribution < -0.4 is 5.32 Å². The largest absolute Gasteiger partial charge is 0.345 e. The second-order valence-corrected chi connectivity index (χ2v) is 2.72. The highest BCUT2D eigenvalue weighted by Gasteiger charge is 2.53. The van der Waals surface area contributed by atoms with Crippen LogP contribution in [0.25, 0.3) is 0 Å². The maximum atomic E-state index is 10.7. The average Bonchev–Trinajstić information content (AvgIpc) is 1.81. The van der Waals surface area contributed by atoms with Crippen LogP contribution in [0.15, 0.2) is 12.2 Å². The molecule has 1 aliphatic carbocycles. The van der Waals surface area contributed by atoms with Crippen molar-refractivity contribution in [3.63, 3.8) is 0 Å². The van der Waals surface area contributed by atoms with Crippen molar-refractivity contribution in [3.8, 4) is 0 Å². The lowest BCUT2D eigenvalue weighted by Gasteiger charge is -2.51. The fourth-order valence-corrected chi connectivity index (χ4v) is 1.52. The molecule has 2 atom stereocenters. The molecule has 0 aromatic carbocycles. The Hall–Kier alpha value is -0.790. The minimum Gasteiger partial charge on any atom is -0.345 e. The molecule has 9 heavy (non-hydrogen) atoms. The molecule has 1 saturated heterocycles. The van der Waals surface area contributed by atoms with E-state index in [4.69, 9.17) is 0 Å². The van der Waals surface area contributed by atoms with Gasteiger partial charge in [-0.25, -0.2) is 0 Å². The number of hydrogen-bond acceptors (Lipinski definition) is 1. The molecule has 1 amide bonds. The van der Waals surface area contributed by atoms with Gasteiger partial charge in [0.1, 0.15) is 0 Å². The minimum absolute atomic E-state index is 0.0943. The summed E-state index contributed by atoms with van der Waals surface area (Å²) in [6.07, 6.45) is 5.08. The number of β-lactam (4-membered cyclic amide) rings is 1. The fraction of sp³-hybridized carbons (Fsp3) is 0.571. The highest BCUT2D eigenvalue weighted by molar-refractivity contribution is 5.93. The summed E-state index contributed by atoms with van der Waals surface area (Å²) in [5.41, 5.74) is 0.0943. The summed E-state index contributed by atoms with van der Waals surface area (Å²) < 4.78 is 0. The predicted octanol–water partition coefficient (Wildman–Crippen LogP) is 0.451. The summed E-state index contributed by atoms with van der Waals surface area (Å²) in [5.74, 6) is 0.404. The molecule has 2 nitrogen and oxygen atoms in total. The van der Waals surface area contributed by atoms with Crippen LogP contribution in [0.3, 0.4) is 0 Å². The van der Waals surface area contributed by atoms with E-state index >= 15 is 0 Å². The molecule has 1 fully saturated rings. The molecule has 0 bridgehead atoms. The van der Waals surface area contributed by atoms with Gasteiger partial charge in [-0.3, -0.25) is 4.79 Å². The highest BCUT2D eigenvalue weighted by atomic mass is 16.2. The van der Waals surface area contributed by atoms with Crippen molar-refractivity contribution in [2.45, 2.75) is 18.9 Å². The third-order valence-corrected chi connectivity index (χ3v) is 2.36. The number of rotatable bonds is 1. The maximum absolute atomic E-state index is 10.7. The summed E-state index contributed by atoms with van der Waals surface area (Å²) in [7, 11) is 0. The first kappa shape index (κ1) is 5.03. The third-order valence-electron chi connectivity index (χ3n) is 2.36. The number of hydrogen-bond donors (Lipinski definition) is 1. The lowest BCUT2D eigenvalue weighted by atomic mass is 9.66. The van der Waals surface area contributed by atoms with Gasteiger partial charge in [0.15, 0.2) is 0 Å². The quantitative estimate of drug-likeness (QED) is 0.398. The third kappa shape index (κ3) is 0.363. The monoisotopic (exact) mass is 123 g/mol. The Morgan fingerprint density at radius 3 is 2.78 bits per heavy atom. The van der Waals surface area contributed by atoms with Gasteiger partial charge in [0, 0.05) is 0 Å². The second-order valence-electron chi connectivity index (χ2n) is 2.72. The molecule has 0 aromatic rings. The first-order valence-corrected chi connectivity index (χ1v) is 3.30. The zero-order valence-electron chi connectivity index (χ0n) is 5.35. The smallest absolute Gasteiger partial charge is 0.230 e. The van der Waals surface area contributed by atoms with Crippen molar-refractivity contribution in [1.29, 1.82) is 0 Å². The number of nitrogens with one attached hydrogen (secondary N) is 1. The van der Waals surface area contributed by atoms with Gasteiger partial charge < -0.3 is 5.32 Å². The molecule has 0 saturated carbocycles. The summed E-state index contributed by atoms with van der Waals surface area (Å²) in [6, 6.07) is 0. The Morgan fingerprint density at radius 1 is 1.89 bits per heavy atom. The molecule has 0 unspecified atom stereocenters. The lowest BCUT2D eigenvalue weighted by molar-refractivity contribution is -0.138. The van der Waals surface area contributed by atoms with Gasteiger partial charge in [0.05, 0.1) is 11.5 Å². The predicted molar refractivity (Wildman–Crippen MR) is 33.8 cm³/mol. The van der Waals surface area contributed by atoms with Crippen LogP contribution in [-0.4, -0.2) is 11.4 Å². The van der Waals surface area contributed by atoms with Crippen molar-refractivity contribution in [3.05, 3.63) is 12.2 Å². The number of carbonyl (C=O) groups is 1. The molecule has 48 valence electrons. The summed E-state index contributed by atoms with van der Waals surface area (Å²) >= 11 is 0. The Bertz CT molecular complexity index is 197. The summed E-state index contributed by atoms with van der Waals surface area (Å²) in [4.78, 5) is 10.7. The Morgan fingerprint density at radius 2 is 2.67 bits per heavy atom. The van der Waals surface area contributed by atoms with Gasteiger partial charge in [-0.05, 0) is 6.42 Å². The van der Waals surface area contributed by atoms with Crippen molar-refractivity contribution < 1.29 is 4.79 Å². The van der Waals surface area contributed by atoms with Gasteiger partial charge in [-0.15, -0.1) is 0 Å². The molecule has 1 heterocycles. The van der Waals surface area contributed by atoms with Gasteiger partial charge in [-0.1, -0.05) is 19.1 Å². The van der Waals surface area contributed by atoms with E-state index in [1.54, 1.807) is 0 Å². The average molecular weight is 123 g/mol. The number of fused-ring (bicyclic) bond motifs is 1. The number of amides is 1. The SMILES string of the molecule is CC[C@]12C=C[C@H]1C(=O)N2. The van der Waals surface area contributed by atoms with E-state index in [-0.39, 0.29) is 17.4 Å². The van der Waals surface area contributed by atoms with Crippen molar-refractivity contribution in [2.75, 3.05) is 0 Å². The fourth-order valence-electron chi connectivity index (χ4n) is 1.52. The molecular formula is C7H9NO. The lowest BCUT2D eigenvalue weighted by Crippen LogP contribution is -2.71. The molecule has 2 heteroatoms. The Labute approximate surface area is 53.9 Å². The van der Waals surface area contributed by atoms with Crippen molar-refractivity contribution >= 4 is 5.91 Å². The van der Waals surface area contributed by atoms with Gasteiger partial charge >= 0.3 is 0 Å². The van der Waals surface area contributed by atoms with E-state index in [0.717, 1.165) is 6.42 Å². The molecule has 0 aromatic heterocycles. The highest BCUT2D eigenvalue weighted by Crippen LogP contribution is 2.40. The van der Waals surface area contributed by atoms with E-state index in [1.807, 2.05) is 6.08 Å². The molecular weight excluding hydrogens is 114 g/mol. The van der Waals surface area contributed by atoms with Crippen LogP contribution in [0.1, 0.15) is 13.3 Å². The van der Waals surface area contributed by atoms with E-state index in [2.05, 4.69) is 18.3 Å².